The second-order valence-corrected chi connectivity index (χ2v) is 4.05. The maximum Gasteiger partial charge on any atom is 0.337 e. The summed E-state index contributed by atoms with van der Waals surface area (Å²) >= 11 is 0. The smallest absolute Gasteiger partial charge is 0.337 e. The molecule has 1 rings (SSSR count). The van der Waals surface area contributed by atoms with Crippen LogP contribution in [0.4, 0.5) is 10.5 Å². The minimum absolute atomic E-state index is 0.0917. The number of carboxylic acids is 1. The largest absolute Gasteiger partial charge is 0.493 e. The van der Waals surface area contributed by atoms with Crippen LogP contribution in [0, 0.1) is 12.3 Å². The molecular formula is C14H16N2O5. The molecule has 0 radical (unpaired) electrons. The van der Waals surface area contributed by atoms with E-state index in [1.54, 1.807) is 0 Å². The van der Waals surface area contributed by atoms with Gasteiger partial charge in [0.15, 0.2) is 11.5 Å². The van der Waals surface area contributed by atoms with Crippen molar-refractivity contribution in [1.82, 2.24) is 4.90 Å². The van der Waals surface area contributed by atoms with Crippen LogP contribution >= 0.6 is 0 Å². The van der Waals surface area contributed by atoms with Crippen molar-refractivity contribution in [3.63, 3.8) is 0 Å². The van der Waals surface area contributed by atoms with Gasteiger partial charge < -0.3 is 24.8 Å². The Bertz CT molecular complexity index is 592. The summed E-state index contributed by atoms with van der Waals surface area (Å²) in [7, 11) is 4.30. The van der Waals surface area contributed by atoms with Crippen molar-refractivity contribution in [3.8, 4) is 23.8 Å². The highest BCUT2D eigenvalue weighted by molar-refractivity contribution is 6.01. The van der Waals surface area contributed by atoms with Crippen LogP contribution in [0.1, 0.15) is 10.4 Å². The average Bonchev–Trinajstić information content (AvgIpc) is 2.46. The third-order valence-corrected chi connectivity index (χ3v) is 2.67. The average molecular weight is 292 g/mol. The van der Waals surface area contributed by atoms with Gasteiger partial charge in [0.1, 0.15) is 0 Å². The molecule has 0 heterocycles. The summed E-state index contributed by atoms with van der Waals surface area (Å²) < 4.78 is 10.1. The molecule has 0 saturated heterocycles. The Balaban J connectivity index is 3.18. The van der Waals surface area contributed by atoms with Gasteiger partial charge >= 0.3 is 12.0 Å². The number of nitrogens with zero attached hydrogens (tertiary/aromatic N) is 1. The van der Waals surface area contributed by atoms with E-state index in [2.05, 4.69) is 11.2 Å². The van der Waals surface area contributed by atoms with Gasteiger partial charge in [-0.3, -0.25) is 0 Å². The van der Waals surface area contributed by atoms with E-state index in [-0.39, 0.29) is 23.5 Å². The summed E-state index contributed by atoms with van der Waals surface area (Å²) in [6, 6.07) is 2.13. The van der Waals surface area contributed by atoms with Crippen molar-refractivity contribution in [2.75, 3.05) is 33.1 Å². The molecule has 0 spiro atoms. The molecule has 2 N–H and O–H groups in total. The molecule has 112 valence electrons. The van der Waals surface area contributed by atoms with Crippen molar-refractivity contribution in [3.05, 3.63) is 17.7 Å². The number of hydrogen-bond acceptors (Lipinski definition) is 4. The monoisotopic (exact) mass is 292 g/mol. The first-order valence-corrected chi connectivity index (χ1v) is 5.89. The zero-order chi connectivity index (χ0) is 16.0. The van der Waals surface area contributed by atoms with Crippen molar-refractivity contribution in [1.29, 1.82) is 0 Å². The Kier molecular flexibility index (Phi) is 5.43. The molecule has 0 fully saturated rings. The van der Waals surface area contributed by atoms with Gasteiger partial charge in [-0.25, -0.2) is 9.59 Å². The van der Waals surface area contributed by atoms with Crippen LogP contribution in [0.5, 0.6) is 11.5 Å². The number of methoxy groups -OCH3 is 2. The highest BCUT2D eigenvalue weighted by Crippen LogP contribution is 2.33. The minimum atomic E-state index is -1.20. The Morgan fingerprint density at radius 3 is 2.38 bits per heavy atom. The molecule has 0 aromatic heterocycles. The first-order chi connectivity index (χ1) is 9.94. The first kappa shape index (κ1) is 16.2. The van der Waals surface area contributed by atoms with Crippen LogP contribution in [0.15, 0.2) is 12.1 Å². The molecule has 7 heteroatoms. The SMILES string of the molecule is C#CCN(C)C(=O)Nc1cc(OC)c(OC)cc1C(=O)O. The molecule has 7 nitrogen and oxygen atoms in total. The quantitative estimate of drug-likeness (QED) is 0.803. The Labute approximate surface area is 122 Å². The van der Waals surface area contributed by atoms with E-state index in [9.17, 15) is 14.7 Å². The lowest BCUT2D eigenvalue weighted by Gasteiger charge is -2.17. The molecule has 0 saturated carbocycles. The van der Waals surface area contributed by atoms with Crippen LogP contribution in [-0.4, -0.2) is 49.8 Å². The third kappa shape index (κ3) is 3.79. The van der Waals surface area contributed by atoms with Gasteiger partial charge in [0, 0.05) is 19.2 Å². The standard InChI is InChI=1S/C14H16N2O5/c1-5-6-16(2)14(19)15-10-8-12(21-4)11(20-3)7-9(10)13(17)18/h1,7-8H,6H2,2-4H3,(H,15,19)(H,17,18). The summed E-state index contributed by atoms with van der Waals surface area (Å²) in [4.78, 5) is 24.4. The number of rotatable bonds is 5. The topological polar surface area (TPSA) is 88.1 Å². The van der Waals surface area contributed by atoms with Crippen LogP contribution in [0.2, 0.25) is 0 Å². The zero-order valence-electron chi connectivity index (χ0n) is 12.0. The molecule has 21 heavy (non-hydrogen) atoms. The van der Waals surface area contributed by atoms with E-state index in [1.807, 2.05) is 0 Å². The zero-order valence-corrected chi connectivity index (χ0v) is 12.0. The number of hydrogen-bond donors (Lipinski definition) is 2. The number of anilines is 1. The lowest BCUT2D eigenvalue weighted by atomic mass is 10.1. The molecule has 2 amide bonds. The molecule has 0 atom stereocenters. The summed E-state index contributed by atoms with van der Waals surface area (Å²) in [5.41, 5.74) is -0.0240. The van der Waals surface area contributed by atoms with Gasteiger partial charge in [-0.2, -0.15) is 0 Å². The number of aromatic carboxylic acids is 1. The summed E-state index contributed by atoms with van der Waals surface area (Å²) in [5, 5.41) is 11.7. The molecular weight excluding hydrogens is 276 g/mol. The number of benzene rings is 1. The van der Waals surface area contributed by atoms with E-state index in [0.29, 0.717) is 5.75 Å². The highest BCUT2D eigenvalue weighted by Gasteiger charge is 2.19. The second kappa shape index (κ2) is 7.05. The predicted octanol–water partition coefficient (Wildman–Crippen LogP) is 1.50. The fourth-order valence-electron chi connectivity index (χ4n) is 1.58. The first-order valence-electron chi connectivity index (χ1n) is 5.89. The van der Waals surface area contributed by atoms with Gasteiger partial charge in [0.25, 0.3) is 0 Å². The highest BCUT2D eigenvalue weighted by atomic mass is 16.5. The van der Waals surface area contributed by atoms with E-state index in [4.69, 9.17) is 15.9 Å². The molecule has 0 unspecified atom stereocenters. The number of carboxylic acid groups (broad SMARTS) is 1. The molecule has 0 bridgehead atoms. The van der Waals surface area contributed by atoms with Crippen molar-refractivity contribution >= 4 is 17.7 Å². The normalized spacial score (nSPS) is 9.43. The Hall–Kier alpha value is -2.88. The molecule has 1 aromatic rings. The van der Waals surface area contributed by atoms with Crippen molar-refractivity contribution < 1.29 is 24.2 Å². The van der Waals surface area contributed by atoms with Crippen molar-refractivity contribution in [2.24, 2.45) is 0 Å². The van der Waals surface area contributed by atoms with Gasteiger partial charge in [0.05, 0.1) is 32.0 Å². The molecule has 0 aliphatic heterocycles. The number of ether oxygens (including phenoxy) is 2. The lowest BCUT2D eigenvalue weighted by Crippen LogP contribution is -2.32. The fraction of sp³-hybridized carbons (Fsp3) is 0.286. The summed E-state index contributed by atoms with van der Waals surface area (Å²) in [5.74, 6) is 1.67. The number of urea groups is 1. The van der Waals surface area contributed by atoms with E-state index < -0.39 is 12.0 Å². The molecule has 0 aliphatic carbocycles. The fourth-order valence-corrected chi connectivity index (χ4v) is 1.58. The Morgan fingerprint density at radius 1 is 1.33 bits per heavy atom. The van der Waals surface area contributed by atoms with Gasteiger partial charge in [-0.1, -0.05) is 5.92 Å². The minimum Gasteiger partial charge on any atom is -0.493 e. The number of terminal acetylenes is 1. The summed E-state index contributed by atoms with van der Waals surface area (Å²) in [6.07, 6.45) is 5.12. The Morgan fingerprint density at radius 2 is 1.90 bits per heavy atom. The van der Waals surface area contributed by atoms with Crippen LogP contribution < -0.4 is 14.8 Å². The summed E-state index contributed by atoms with van der Waals surface area (Å²) in [6.45, 7) is 0.0987. The number of carbonyl (C=O) groups excluding carboxylic acids is 1. The van der Waals surface area contributed by atoms with E-state index >= 15 is 0 Å². The maximum atomic E-state index is 11.9. The lowest BCUT2D eigenvalue weighted by molar-refractivity contribution is 0.0697. The van der Waals surface area contributed by atoms with Crippen molar-refractivity contribution in [2.45, 2.75) is 0 Å². The van der Waals surface area contributed by atoms with Gasteiger partial charge in [0.2, 0.25) is 0 Å². The maximum absolute atomic E-state index is 11.9. The number of amides is 2. The molecule has 1 aromatic carbocycles. The van der Waals surface area contributed by atoms with Crippen LogP contribution in [0.25, 0.3) is 0 Å². The van der Waals surface area contributed by atoms with E-state index in [0.717, 1.165) is 0 Å². The predicted molar refractivity (Wildman–Crippen MR) is 77.0 cm³/mol. The van der Waals surface area contributed by atoms with Gasteiger partial charge in [-0.05, 0) is 0 Å². The van der Waals surface area contributed by atoms with Crippen LogP contribution in [0.3, 0.4) is 0 Å². The molecule has 0 aliphatic rings. The number of carbonyl (C=O) groups is 2. The van der Waals surface area contributed by atoms with Gasteiger partial charge in [-0.15, -0.1) is 6.42 Å². The van der Waals surface area contributed by atoms with Crippen LogP contribution in [-0.2, 0) is 0 Å². The second-order valence-electron chi connectivity index (χ2n) is 4.05. The van der Waals surface area contributed by atoms with E-state index in [1.165, 1.54) is 38.3 Å². The third-order valence-electron chi connectivity index (χ3n) is 2.67. The number of nitrogens with one attached hydrogen (secondary N) is 1.